The van der Waals surface area contributed by atoms with Crippen LogP contribution in [0.4, 0.5) is 5.69 Å². The van der Waals surface area contributed by atoms with E-state index < -0.39 is 28.5 Å². The summed E-state index contributed by atoms with van der Waals surface area (Å²) < 4.78 is 34.6. The van der Waals surface area contributed by atoms with E-state index >= 15 is 0 Å². The number of ether oxygens (including phenoxy) is 1. The molecule has 0 saturated carbocycles. The molecule has 0 aliphatic rings. The van der Waals surface area contributed by atoms with Crippen LogP contribution in [0.1, 0.15) is 44.7 Å². The summed E-state index contributed by atoms with van der Waals surface area (Å²) in [6.45, 7) is 7.09. The van der Waals surface area contributed by atoms with E-state index in [1.54, 1.807) is 60.7 Å². The van der Waals surface area contributed by atoms with E-state index in [1.807, 2.05) is 27.7 Å². The topological polar surface area (TPSA) is 96.0 Å². The minimum absolute atomic E-state index is 0.0348. The van der Waals surface area contributed by atoms with Crippen LogP contribution in [-0.4, -0.2) is 50.9 Å². The third-order valence-electron chi connectivity index (χ3n) is 6.89. The quantitative estimate of drug-likeness (QED) is 0.277. The summed E-state index contributed by atoms with van der Waals surface area (Å²) in [6, 6.07) is 19.1. The van der Waals surface area contributed by atoms with Gasteiger partial charge in [-0.1, -0.05) is 67.4 Å². The van der Waals surface area contributed by atoms with E-state index in [0.717, 1.165) is 21.9 Å². The monoisotopic (exact) mass is 599 g/mol. The Bertz CT molecular complexity index is 1430. The number of nitrogens with one attached hydrogen (secondary N) is 1. The predicted octanol–water partition coefficient (Wildman–Crippen LogP) is 5.57. The maximum atomic E-state index is 14.2. The van der Waals surface area contributed by atoms with Gasteiger partial charge in [0, 0.05) is 17.6 Å². The summed E-state index contributed by atoms with van der Waals surface area (Å²) in [4.78, 5) is 29.0. The largest absolute Gasteiger partial charge is 0.495 e. The number of rotatable bonds is 13. The Kier molecular flexibility index (Phi) is 11.2. The standard InChI is InChI=1S/C31H38ClN3O5S/c1-6-23(4)33-31(37)27(7-2)34(20-24-14-16-25(32)17-15-24)30(36)21-35(28-10-8-9-11-29(28)40-5)41(38,39)26-18-12-22(3)13-19-26/h8-19,23,27H,6-7,20-21H2,1-5H3,(H,33,37)/t23-,27+/m0/s1. The molecule has 0 radical (unpaired) electrons. The second kappa shape index (κ2) is 14.4. The van der Waals surface area contributed by atoms with Crippen molar-refractivity contribution in [1.82, 2.24) is 10.2 Å². The lowest BCUT2D eigenvalue weighted by Crippen LogP contribution is -2.53. The van der Waals surface area contributed by atoms with Crippen LogP contribution in [0.15, 0.2) is 77.7 Å². The van der Waals surface area contributed by atoms with E-state index in [2.05, 4.69) is 5.32 Å². The summed E-state index contributed by atoms with van der Waals surface area (Å²) >= 11 is 6.08. The molecule has 0 fully saturated rings. The Morgan fingerprint density at radius 2 is 1.59 bits per heavy atom. The van der Waals surface area contributed by atoms with Crippen LogP contribution >= 0.6 is 11.6 Å². The van der Waals surface area contributed by atoms with Crippen LogP contribution in [0, 0.1) is 6.92 Å². The van der Waals surface area contributed by atoms with E-state index in [0.29, 0.717) is 17.2 Å². The van der Waals surface area contributed by atoms with Crippen molar-refractivity contribution in [2.24, 2.45) is 0 Å². The number of hydrogen-bond acceptors (Lipinski definition) is 5. The van der Waals surface area contributed by atoms with Crippen LogP contribution < -0.4 is 14.4 Å². The molecule has 0 spiro atoms. The first-order valence-corrected chi connectivity index (χ1v) is 15.4. The van der Waals surface area contributed by atoms with Gasteiger partial charge in [0.1, 0.15) is 18.3 Å². The molecule has 0 aromatic heterocycles. The number of anilines is 1. The van der Waals surface area contributed by atoms with Gasteiger partial charge in [0.2, 0.25) is 11.8 Å². The zero-order chi connectivity index (χ0) is 30.2. The fraction of sp³-hybridized carbons (Fsp3) is 0.355. The third kappa shape index (κ3) is 8.01. The number of nitrogens with zero attached hydrogens (tertiary/aromatic N) is 2. The zero-order valence-electron chi connectivity index (χ0n) is 24.1. The summed E-state index contributed by atoms with van der Waals surface area (Å²) in [6.07, 6.45) is 1.06. The molecule has 0 bridgehead atoms. The summed E-state index contributed by atoms with van der Waals surface area (Å²) in [5, 5.41) is 3.51. The summed E-state index contributed by atoms with van der Waals surface area (Å²) in [7, 11) is -2.76. The van der Waals surface area contributed by atoms with E-state index in [4.69, 9.17) is 16.3 Å². The Labute approximate surface area is 248 Å². The molecule has 0 heterocycles. The molecule has 3 aromatic carbocycles. The molecule has 0 saturated heterocycles. The second-order valence-electron chi connectivity index (χ2n) is 9.89. The van der Waals surface area contributed by atoms with Gasteiger partial charge in [0.15, 0.2) is 0 Å². The summed E-state index contributed by atoms with van der Waals surface area (Å²) in [5.41, 5.74) is 1.87. The first-order chi connectivity index (χ1) is 19.5. The lowest BCUT2D eigenvalue weighted by atomic mass is 10.1. The molecule has 2 amide bonds. The summed E-state index contributed by atoms with van der Waals surface area (Å²) in [5.74, 6) is -0.538. The molecule has 0 unspecified atom stereocenters. The van der Waals surface area contributed by atoms with Crippen molar-refractivity contribution in [3.8, 4) is 5.75 Å². The molecule has 0 aliphatic carbocycles. The van der Waals surface area contributed by atoms with Crippen molar-refractivity contribution in [2.75, 3.05) is 18.0 Å². The van der Waals surface area contributed by atoms with Crippen LogP contribution in [0.5, 0.6) is 5.75 Å². The van der Waals surface area contributed by atoms with Gasteiger partial charge in [-0.15, -0.1) is 0 Å². The second-order valence-corrected chi connectivity index (χ2v) is 12.2. The Morgan fingerprint density at radius 1 is 0.951 bits per heavy atom. The predicted molar refractivity (Wildman–Crippen MR) is 163 cm³/mol. The van der Waals surface area contributed by atoms with E-state index in [1.165, 1.54) is 24.1 Å². The first kappa shape index (κ1) is 32.0. The number of sulfonamides is 1. The number of carbonyl (C=O) groups is 2. The molecule has 8 nitrogen and oxygen atoms in total. The van der Waals surface area contributed by atoms with Gasteiger partial charge in [-0.3, -0.25) is 13.9 Å². The van der Waals surface area contributed by atoms with Crippen LogP contribution in [0.3, 0.4) is 0 Å². The van der Waals surface area contributed by atoms with Gasteiger partial charge < -0.3 is 15.0 Å². The van der Waals surface area contributed by atoms with Crippen molar-refractivity contribution in [2.45, 2.75) is 64.1 Å². The Morgan fingerprint density at radius 3 is 2.17 bits per heavy atom. The lowest BCUT2D eigenvalue weighted by Gasteiger charge is -2.34. The Hall–Kier alpha value is -3.56. The maximum absolute atomic E-state index is 14.2. The Balaban J connectivity index is 2.09. The highest BCUT2D eigenvalue weighted by Crippen LogP contribution is 2.32. The van der Waals surface area contributed by atoms with Gasteiger partial charge in [-0.2, -0.15) is 0 Å². The van der Waals surface area contributed by atoms with Gasteiger partial charge in [0.25, 0.3) is 10.0 Å². The van der Waals surface area contributed by atoms with Gasteiger partial charge in [-0.25, -0.2) is 8.42 Å². The number of benzene rings is 3. The molecule has 10 heteroatoms. The zero-order valence-corrected chi connectivity index (χ0v) is 25.7. The molecular formula is C31H38ClN3O5S. The average molecular weight is 600 g/mol. The average Bonchev–Trinajstić information content (AvgIpc) is 2.96. The molecule has 1 N–H and O–H groups in total. The normalized spacial score (nSPS) is 12.7. The fourth-order valence-corrected chi connectivity index (χ4v) is 5.88. The number of amides is 2. The number of methoxy groups -OCH3 is 1. The lowest BCUT2D eigenvalue weighted by molar-refractivity contribution is -0.140. The molecule has 2 atom stereocenters. The van der Waals surface area contributed by atoms with Crippen LogP contribution in [-0.2, 0) is 26.2 Å². The van der Waals surface area contributed by atoms with Gasteiger partial charge >= 0.3 is 0 Å². The molecular weight excluding hydrogens is 562 g/mol. The molecule has 220 valence electrons. The number of para-hydroxylation sites is 2. The minimum atomic E-state index is -4.20. The van der Waals surface area contributed by atoms with Crippen molar-refractivity contribution < 1.29 is 22.7 Å². The fourth-order valence-electron chi connectivity index (χ4n) is 4.33. The molecule has 0 aliphatic heterocycles. The SMILES string of the molecule is CC[C@H](C(=O)N[C@@H](C)CC)N(Cc1ccc(Cl)cc1)C(=O)CN(c1ccccc1OC)S(=O)(=O)c1ccc(C)cc1. The number of aryl methyl sites for hydroxylation is 1. The maximum Gasteiger partial charge on any atom is 0.264 e. The number of carbonyl (C=O) groups excluding carboxylic acids is 2. The highest BCUT2D eigenvalue weighted by Gasteiger charge is 2.35. The smallest absolute Gasteiger partial charge is 0.264 e. The van der Waals surface area contributed by atoms with Crippen molar-refractivity contribution in [1.29, 1.82) is 0 Å². The first-order valence-electron chi connectivity index (χ1n) is 13.6. The number of hydrogen-bond donors (Lipinski definition) is 1. The van der Waals surface area contributed by atoms with E-state index in [-0.39, 0.29) is 29.1 Å². The third-order valence-corrected chi connectivity index (χ3v) is 8.92. The molecule has 3 rings (SSSR count). The highest BCUT2D eigenvalue weighted by atomic mass is 35.5. The van der Waals surface area contributed by atoms with Crippen LogP contribution in [0.2, 0.25) is 5.02 Å². The minimum Gasteiger partial charge on any atom is -0.495 e. The molecule has 41 heavy (non-hydrogen) atoms. The van der Waals surface area contributed by atoms with Crippen molar-refractivity contribution in [3.05, 3.63) is 88.9 Å². The van der Waals surface area contributed by atoms with Crippen LogP contribution in [0.25, 0.3) is 0 Å². The number of halogens is 1. The van der Waals surface area contributed by atoms with Crippen molar-refractivity contribution in [3.63, 3.8) is 0 Å². The van der Waals surface area contributed by atoms with Gasteiger partial charge in [0.05, 0.1) is 17.7 Å². The molecule has 3 aromatic rings. The van der Waals surface area contributed by atoms with Crippen molar-refractivity contribution >= 4 is 39.1 Å². The van der Waals surface area contributed by atoms with E-state index in [9.17, 15) is 18.0 Å². The van der Waals surface area contributed by atoms with Gasteiger partial charge in [-0.05, 0) is 68.7 Å². The highest BCUT2D eigenvalue weighted by molar-refractivity contribution is 7.92.